The summed E-state index contributed by atoms with van der Waals surface area (Å²) in [5, 5.41) is 10.2. The van der Waals surface area contributed by atoms with Crippen LogP contribution in [-0.4, -0.2) is 21.0 Å². The molecule has 20 heavy (non-hydrogen) atoms. The number of nitrogens with zero attached hydrogens (tertiary/aromatic N) is 2. The second-order valence-corrected chi connectivity index (χ2v) is 4.30. The van der Waals surface area contributed by atoms with Gasteiger partial charge in [0, 0.05) is 28.7 Å². The largest absolute Gasteiger partial charge is 0.478 e. The Morgan fingerprint density at radius 2 is 1.40 bits per heavy atom. The third-order valence-corrected chi connectivity index (χ3v) is 2.71. The molecular weight excluding hydrogens is 252 g/mol. The maximum absolute atomic E-state index is 9.60. The van der Waals surface area contributed by atoms with Crippen molar-refractivity contribution in [3.05, 3.63) is 60.9 Å². The molecule has 3 rings (SSSR count). The van der Waals surface area contributed by atoms with Crippen molar-refractivity contribution >= 4 is 27.8 Å². The molecule has 0 amide bonds. The van der Waals surface area contributed by atoms with E-state index in [4.69, 9.17) is 5.11 Å². The second-order valence-electron chi connectivity index (χ2n) is 4.30. The van der Waals surface area contributed by atoms with Crippen LogP contribution >= 0.6 is 0 Å². The number of aliphatic carboxylic acids is 1. The predicted octanol–water partition coefficient (Wildman–Crippen LogP) is 3.43. The summed E-state index contributed by atoms with van der Waals surface area (Å²) >= 11 is 0. The zero-order valence-electron chi connectivity index (χ0n) is 11.1. The fourth-order valence-electron chi connectivity index (χ4n) is 1.68. The van der Waals surface area contributed by atoms with E-state index in [0.29, 0.717) is 0 Å². The first kappa shape index (κ1) is 13.7. The zero-order valence-corrected chi connectivity index (χ0v) is 11.1. The molecular formula is C16H14N2O2. The Morgan fingerprint density at radius 3 is 1.75 bits per heavy atom. The Morgan fingerprint density at radius 1 is 1.00 bits per heavy atom. The second kappa shape index (κ2) is 5.93. The highest BCUT2D eigenvalue weighted by molar-refractivity contribution is 6.02. The van der Waals surface area contributed by atoms with Crippen LogP contribution in [0.1, 0.15) is 6.92 Å². The molecule has 100 valence electrons. The molecule has 2 aromatic heterocycles. The highest BCUT2D eigenvalue weighted by Gasteiger charge is 2.00. The van der Waals surface area contributed by atoms with Gasteiger partial charge in [-0.05, 0) is 19.1 Å². The molecule has 4 heteroatoms. The molecule has 3 aromatic rings. The molecule has 4 nitrogen and oxygen atoms in total. The van der Waals surface area contributed by atoms with E-state index in [-0.39, 0.29) is 5.57 Å². The predicted molar refractivity (Wildman–Crippen MR) is 79.5 cm³/mol. The van der Waals surface area contributed by atoms with Crippen molar-refractivity contribution in [2.75, 3.05) is 0 Å². The van der Waals surface area contributed by atoms with Crippen molar-refractivity contribution < 1.29 is 9.90 Å². The van der Waals surface area contributed by atoms with Gasteiger partial charge in [-0.3, -0.25) is 9.97 Å². The molecule has 0 bridgehead atoms. The molecule has 1 N–H and O–H groups in total. The van der Waals surface area contributed by atoms with Crippen LogP contribution in [0.2, 0.25) is 0 Å². The Balaban J connectivity index is 0.000000212. The fraction of sp³-hybridized carbons (Fsp3) is 0.0625. The highest BCUT2D eigenvalue weighted by atomic mass is 16.4. The summed E-state index contributed by atoms with van der Waals surface area (Å²) in [4.78, 5) is 18.3. The van der Waals surface area contributed by atoms with E-state index in [1.54, 1.807) is 12.4 Å². The molecule has 0 fully saturated rings. The maximum atomic E-state index is 9.60. The lowest BCUT2D eigenvalue weighted by atomic mass is 10.1. The number of carboxylic acids is 1. The lowest BCUT2D eigenvalue weighted by Crippen LogP contribution is -1.92. The zero-order chi connectivity index (χ0) is 14.5. The van der Waals surface area contributed by atoms with Crippen molar-refractivity contribution in [2.24, 2.45) is 0 Å². The van der Waals surface area contributed by atoms with E-state index in [1.165, 1.54) is 6.92 Å². The van der Waals surface area contributed by atoms with Crippen molar-refractivity contribution in [1.82, 2.24) is 9.97 Å². The van der Waals surface area contributed by atoms with E-state index in [0.717, 1.165) is 21.8 Å². The van der Waals surface area contributed by atoms with Gasteiger partial charge in [-0.2, -0.15) is 0 Å². The number of rotatable bonds is 1. The van der Waals surface area contributed by atoms with Crippen LogP contribution in [0.3, 0.4) is 0 Å². The van der Waals surface area contributed by atoms with Gasteiger partial charge in [0.15, 0.2) is 0 Å². The Kier molecular flexibility index (Phi) is 4.05. The first-order valence-corrected chi connectivity index (χ1v) is 6.07. The standard InChI is InChI=1S/C12H8N2.C4H6O2/c1-3-9-5-6-10-4-2-8-14-12(10)11(9)13-7-1;1-3(2)4(5)6/h1-8H;1H2,2H3,(H,5,6). The van der Waals surface area contributed by atoms with Gasteiger partial charge in [0.25, 0.3) is 0 Å². The van der Waals surface area contributed by atoms with Crippen LogP contribution < -0.4 is 0 Å². The van der Waals surface area contributed by atoms with E-state index < -0.39 is 5.97 Å². The van der Waals surface area contributed by atoms with E-state index in [9.17, 15) is 4.79 Å². The minimum Gasteiger partial charge on any atom is -0.478 e. The van der Waals surface area contributed by atoms with Gasteiger partial charge in [0.05, 0.1) is 11.0 Å². The minimum absolute atomic E-state index is 0.176. The Labute approximate surface area is 116 Å². The lowest BCUT2D eigenvalue weighted by molar-refractivity contribution is -0.132. The number of carbonyl (C=O) groups is 1. The van der Waals surface area contributed by atoms with Gasteiger partial charge in [-0.1, -0.05) is 30.8 Å². The average Bonchev–Trinajstić information content (AvgIpc) is 2.47. The average molecular weight is 266 g/mol. The van der Waals surface area contributed by atoms with Gasteiger partial charge in [0.1, 0.15) is 0 Å². The van der Waals surface area contributed by atoms with Crippen LogP contribution in [0.5, 0.6) is 0 Å². The smallest absolute Gasteiger partial charge is 0.330 e. The van der Waals surface area contributed by atoms with Gasteiger partial charge in [-0.25, -0.2) is 4.79 Å². The topological polar surface area (TPSA) is 63.1 Å². The van der Waals surface area contributed by atoms with E-state index in [2.05, 4.69) is 40.8 Å². The summed E-state index contributed by atoms with van der Waals surface area (Å²) in [5.74, 6) is -0.935. The van der Waals surface area contributed by atoms with Crippen LogP contribution in [0, 0.1) is 0 Å². The summed E-state index contributed by atoms with van der Waals surface area (Å²) in [6.45, 7) is 4.60. The monoisotopic (exact) mass is 266 g/mol. The van der Waals surface area contributed by atoms with Crippen LogP contribution in [0.15, 0.2) is 60.9 Å². The van der Waals surface area contributed by atoms with Gasteiger partial charge >= 0.3 is 5.97 Å². The van der Waals surface area contributed by atoms with E-state index >= 15 is 0 Å². The third-order valence-electron chi connectivity index (χ3n) is 2.71. The number of carboxylic acid groups (broad SMARTS) is 1. The third kappa shape index (κ3) is 2.98. The fourth-order valence-corrected chi connectivity index (χ4v) is 1.68. The molecule has 0 aliphatic rings. The first-order valence-electron chi connectivity index (χ1n) is 6.07. The molecule has 1 aromatic carbocycles. The molecule has 0 unspecified atom stereocenters. The number of hydrogen-bond donors (Lipinski definition) is 1. The summed E-state index contributed by atoms with van der Waals surface area (Å²) in [5.41, 5.74) is 2.13. The van der Waals surface area contributed by atoms with Gasteiger partial charge in [0.2, 0.25) is 0 Å². The SMILES string of the molecule is C=C(C)C(=O)O.c1cnc2c(c1)ccc1cccnc12. The van der Waals surface area contributed by atoms with Crippen LogP contribution in [0.25, 0.3) is 21.8 Å². The molecule has 0 saturated heterocycles. The number of benzene rings is 1. The number of fused-ring (bicyclic) bond motifs is 3. The van der Waals surface area contributed by atoms with Gasteiger partial charge in [-0.15, -0.1) is 0 Å². The van der Waals surface area contributed by atoms with Crippen LogP contribution in [0.4, 0.5) is 0 Å². The Hall–Kier alpha value is -2.75. The lowest BCUT2D eigenvalue weighted by Gasteiger charge is -2.00. The maximum Gasteiger partial charge on any atom is 0.330 e. The Bertz CT molecular complexity index is 715. The molecule has 0 saturated carbocycles. The highest BCUT2D eigenvalue weighted by Crippen LogP contribution is 2.20. The summed E-state index contributed by atoms with van der Waals surface area (Å²) in [6, 6.07) is 12.1. The van der Waals surface area contributed by atoms with Gasteiger partial charge < -0.3 is 5.11 Å². The number of hydrogen-bond acceptors (Lipinski definition) is 3. The molecule has 0 spiro atoms. The molecule has 0 atom stereocenters. The quantitative estimate of drug-likeness (QED) is 0.541. The van der Waals surface area contributed by atoms with Crippen molar-refractivity contribution in [1.29, 1.82) is 0 Å². The van der Waals surface area contributed by atoms with Crippen molar-refractivity contribution in [3.8, 4) is 0 Å². The molecule has 0 radical (unpaired) electrons. The number of aromatic nitrogens is 2. The van der Waals surface area contributed by atoms with E-state index in [1.807, 2.05) is 12.1 Å². The molecule has 0 aliphatic heterocycles. The summed E-state index contributed by atoms with van der Waals surface area (Å²) in [7, 11) is 0. The van der Waals surface area contributed by atoms with Crippen molar-refractivity contribution in [3.63, 3.8) is 0 Å². The minimum atomic E-state index is -0.935. The van der Waals surface area contributed by atoms with Crippen molar-refractivity contribution in [2.45, 2.75) is 6.92 Å². The molecule has 2 heterocycles. The summed E-state index contributed by atoms with van der Waals surface area (Å²) in [6.07, 6.45) is 3.60. The van der Waals surface area contributed by atoms with Crippen LogP contribution in [-0.2, 0) is 4.79 Å². The normalized spacial score (nSPS) is 9.85. The number of pyridine rings is 2. The molecule has 0 aliphatic carbocycles. The summed E-state index contributed by atoms with van der Waals surface area (Å²) < 4.78 is 0. The first-order chi connectivity index (χ1) is 9.59.